The molecule has 0 radical (unpaired) electrons. The molecule has 1 aromatic heterocycles. The van der Waals surface area contributed by atoms with E-state index in [4.69, 9.17) is 0 Å². The molecule has 0 spiro atoms. The molecule has 0 aliphatic heterocycles. The fraction of sp³-hybridized carbons (Fsp3) is 0.667. The maximum Gasteiger partial charge on any atom is 0.154 e. The monoisotopic (exact) mass is 238 g/mol. The minimum Gasteiger partial charge on any atom is -0.298 e. The van der Waals surface area contributed by atoms with Gasteiger partial charge in [0.25, 0.3) is 0 Å². The molecule has 0 N–H and O–H groups in total. The van der Waals surface area contributed by atoms with Gasteiger partial charge in [0.15, 0.2) is 6.29 Å². The van der Waals surface area contributed by atoms with Crippen molar-refractivity contribution in [3.8, 4) is 0 Å². The number of carbonyl (C=O) groups is 1. The zero-order chi connectivity index (χ0) is 11.5. The number of aldehydes is 1. The first-order chi connectivity index (χ1) is 7.72. The molecule has 88 valence electrons. The molecule has 1 aliphatic rings. The number of thioether (sulfide) groups is 1. The second kappa shape index (κ2) is 5.04. The lowest BCUT2D eigenvalue weighted by Gasteiger charge is -2.08. The molecule has 16 heavy (non-hydrogen) atoms. The van der Waals surface area contributed by atoms with Gasteiger partial charge in [-0.3, -0.25) is 9.48 Å². The number of rotatable bonds is 4. The summed E-state index contributed by atoms with van der Waals surface area (Å²) in [6.45, 7) is 1.89. The molecule has 1 aliphatic carbocycles. The summed E-state index contributed by atoms with van der Waals surface area (Å²) in [7, 11) is 1.91. The van der Waals surface area contributed by atoms with Crippen molar-refractivity contribution in [3.05, 3.63) is 11.3 Å². The highest BCUT2D eigenvalue weighted by molar-refractivity contribution is 7.99. The van der Waals surface area contributed by atoms with E-state index in [0.29, 0.717) is 0 Å². The van der Waals surface area contributed by atoms with Gasteiger partial charge >= 0.3 is 0 Å². The van der Waals surface area contributed by atoms with Gasteiger partial charge in [-0.25, -0.2) is 0 Å². The van der Waals surface area contributed by atoms with Crippen LogP contribution in [0.4, 0.5) is 0 Å². The second-order valence-corrected chi connectivity index (χ2v) is 5.52. The third-order valence-electron chi connectivity index (χ3n) is 3.26. The number of nitrogens with zero attached hydrogens (tertiary/aromatic N) is 2. The Balaban J connectivity index is 2.05. The molecule has 0 unspecified atom stereocenters. The van der Waals surface area contributed by atoms with Crippen LogP contribution >= 0.6 is 11.8 Å². The highest BCUT2D eigenvalue weighted by Gasteiger charge is 2.18. The number of hydrogen-bond acceptors (Lipinski definition) is 3. The molecule has 0 saturated heterocycles. The molecule has 4 heteroatoms. The van der Waals surface area contributed by atoms with Gasteiger partial charge in [0.1, 0.15) is 5.03 Å². The number of aryl methyl sites for hydroxylation is 2. The Morgan fingerprint density at radius 3 is 2.81 bits per heavy atom. The molecule has 1 aromatic rings. The van der Waals surface area contributed by atoms with Gasteiger partial charge in [-0.05, 0) is 25.7 Å². The molecule has 3 nitrogen and oxygen atoms in total. The molecule has 1 saturated carbocycles. The van der Waals surface area contributed by atoms with Gasteiger partial charge in [0.05, 0.1) is 11.3 Å². The SMILES string of the molecule is Cc1nn(C)c(SCC2CCCC2)c1C=O. The van der Waals surface area contributed by atoms with Gasteiger partial charge < -0.3 is 0 Å². The van der Waals surface area contributed by atoms with Crippen LogP contribution in [0.25, 0.3) is 0 Å². The Morgan fingerprint density at radius 2 is 2.19 bits per heavy atom. The Hall–Kier alpha value is -0.770. The summed E-state index contributed by atoms with van der Waals surface area (Å²) >= 11 is 1.79. The molecule has 1 fully saturated rings. The molecule has 1 heterocycles. The van der Waals surface area contributed by atoms with E-state index in [0.717, 1.165) is 34.2 Å². The maximum absolute atomic E-state index is 11.0. The normalized spacial score (nSPS) is 16.9. The first kappa shape index (κ1) is 11.7. The average molecular weight is 238 g/mol. The number of aromatic nitrogens is 2. The summed E-state index contributed by atoms with van der Waals surface area (Å²) in [5.41, 5.74) is 1.61. The van der Waals surface area contributed by atoms with Crippen LogP contribution in [0.3, 0.4) is 0 Å². The lowest BCUT2D eigenvalue weighted by Crippen LogP contribution is -2.00. The number of hydrogen-bond donors (Lipinski definition) is 0. The number of carbonyl (C=O) groups excluding carboxylic acids is 1. The molecule has 0 aromatic carbocycles. The average Bonchev–Trinajstić information content (AvgIpc) is 2.83. The van der Waals surface area contributed by atoms with E-state index in [1.807, 2.05) is 18.7 Å². The Bertz CT molecular complexity index is 381. The second-order valence-electron chi connectivity index (χ2n) is 4.51. The van der Waals surface area contributed by atoms with Crippen molar-refractivity contribution in [3.63, 3.8) is 0 Å². The van der Waals surface area contributed by atoms with Crippen LogP contribution in [0.15, 0.2) is 5.03 Å². The zero-order valence-electron chi connectivity index (χ0n) is 9.90. The molecule has 2 rings (SSSR count). The third kappa shape index (κ3) is 2.32. The molecule has 0 bridgehead atoms. The maximum atomic E-state index is 11.0. The van der Waals surface area contributed by atoms with Crippen molar-refractivity contribution in [1.82, 2.24) is 9.78 Å². The van der Waals surface area contributed by atoms with Crippen molar-refractivity contribution < 1.29 is 4.79 Å². The largest absolute Gasteiger partial charge is 0.298 e. The van der Waals surface area contributed by atoms with Gasteiger partial charge in [-0.2, -0.15) is 5.10 Å². The molecular weight excluding hydrogens is 220 g/mol. The Kier molecular flexibility index (Phi) is 3.69. The van der Waals surface area contributed by atoms with E-state index in [-0.39, 0.29) is 0 Å². The van der Waals surface area contributed by atoms with E-state index < -0.39 is 0 Å². The van der Waals surface area contributed by atoms with E-state index in [9.17, 15) is 4.79 Å². The van der Waals surface area contributed by atoms with Crippen LogP contribution in [0.1, 0.15) is 41.7 Å². The lowest BCUT2D eigenvalue weighted by molar-refractivity contribution is 0.112. The van der Waals surface area contributed by atoms with Crippen LogP contribution in [0.2, 0.25) is 0 Å². The van der Waals surface area contributed by atoms with Crippen molar-refractivity contribution >= 4 is 18.0 Å². The zero-order valence-corrected chi connectivity index (χ0v) is 10.7. The third-order valence-corrected chi connectivity index (χ3v) is 4.66. The van der Waals surface area contributed by atoms with E-state index in [1.165, 1.54) is 25.7 Å². The van der Waals surface area contributed by atoms with Crippen molar-refractivity contribution in [2.45, 2.75) is 37.6 Å². The lowest BCUT2D eigenvalue weighted by atomic mass is 10.1. The minimum atomic E-state index is 0.769. The highest BCUT2D eigenvalue weighted by Crippen LogP contribution is 2.32. The summed E-state index contributed by atoms with van der Waals surface area (Å²) in [4.78, 5) is 11.0. The minimum absolute atomic E-state index is 0.769. The topological polar surface area (TPSA) is 34.9 Å². The molecular formula is C12H18N2OS. The predicted octanol–water partition coefficient (Wildman–Crippen LogP) is 2.82. The van der Waals surface area contributed by atoms with Crippen LogP contribution in [-0.4, -0.2) is 21.8 Å². The summed E-state index contributed by atoms with van der Waals surface area (Å²) in [5.74, 6) is 1.96. The van der Waals surface area contributed by atoms with Crippen molar-refractivity contribution in [1.29, 1.82) is 0 Å². The summed E-state index contributed by atoms with van der Waals surface area (Å²) in [6, 6.07) is 0. The first-order valence-corrected chi connectivity index (χ1v) is 6.82. The fourth-order valence-electron chi connectivity index (χ4n) is 2.33. The summed E-state index contributed by atoms with van der Waals surface area (Å²) in [6.07, 6.45) is 6.37. The van der Waals surface area contributed by atoms with Crippen LogP contribution in [-0.2, 0) is 7.05 Å². The fourth-order valence-corrected chi connectivity index (χ4v) is 3.64. The Labute approximate surface area is 101 Å². The molecule has 0 atom stereocenters. The summed E-state index contributed by atoms with van der Waals surface area (Å²) in [5, 5.41) is 5.32. The van der Waals surface area contributed by atoms with Crippen molar-refractivity contribution in [2.24, 2.45) is 13.0 Å². The smallest absolute Gasteiger partial charge is 0.154 e. The van der Waals surface area contributed by atoms with Crippen LogP contribution < -0.4 is 0 Å². The van der Waals surface area contributed by atoms with E-state index >= 15 is 0 Å². The Morgan fingerprint density at radius 1 is 1.50 bits per heavy atom. The summed E-state index contributed by atoms with van der Waals surface area (Å²) < 4.78 is 1.83. The van der Waals surface area contributed by atoms with Crippen molar-refractivity contribution in [2.75, 3.05) is 5.75 Å². The van der Waals surface area contributed by atoms with Crippen LogP contribution in [0, 0.1) is 12.8 Å². The van der Waals surface area contributed by atoms with Gasteiger partial charge in [0, 0.05) is 12.8 Å². The van der Waals surface area contributed by atoms with Gasteiger partial charge in [0.2, 0.25) is 0 Å². The predicted molar refractivity (Wildman–Crippen MR) is 66.0 cm³/mol. The van der Waals surface area contributed by atoms with Crippen LogP contribution in [0.5, 0.6) is 0 Å². The first-order valence-electron chi connectivity index (χ1n) is 5.84. The van der Waals surface area contributed by atoms with Gasteiger partial charge in [-0.15, -0.1) is 11.8 Å². The van der Waals surface area contributed by atoms with Gasteiger partial charge in [-0.1, -0.05) is 12.8 Å². The highest BCUT2D eigenvalue weighted by atomic mass is 32.2. The van der Waals surface area contributed by atoms with E-state index in [1.54, 1.807) is 11.8 Å². The molecule has 0 amide bonds. The quantitative estimate of drug-likeness (QED) is 0.597. The van der Waals surface area contributed by atoms with E-state index in [2.05, 4.69) is 5.10 Å². The standard InChI is InChI=1S/C12H18N2OS/c1-9-11(7-15)12(14(2)13-9)16-8-10-5-3-4-6-10/h7,10H,3-6,8H2,1-2H3.